The summed E-state index contributed by atoms with van der Waals surface area (Å²) >= 11 is 0. The van der Waals surface area contributed by atoms with E-state index in [0.717, 1.165) is 96.5 Å². The van der Waals surface area contributed by atoms with Crippen LogP contribution in [-0.2, 0) is 26.1 Å². The SMILES string of the molecule is C/C=C(CN1CCOCC1)\C(=C/NC)C1=C2[C@@H]3CC(C)(C)CC[C@]3(C(=O)OCCCC)CC[C@@]2(C)[C@]2(C)CC[C@H]3C(C)(C)c4n[nH]c(N)c4C[C@]3(C)C2C1. The minimum Gasteiger partial charge on any atom is -0.465 e. The summed E-state index contributed by atoms with van der Waals surface area (Å²) in [4.78, 5) is 17.3. The van der Waals surface area contributed by atoms with Crippen molar-refractivity contribution >= 4 is 11.8 Å². The fourth-order valence-corrected chi connectivity index (χ4v) is 13.7. The van der Waals surface area contributed by atoms with Gasteiger partial charge in [-0.1, -0.05) is 73.5 Å². The van der Waals surface area contributed by atoms with Crippen molar-refractivity contribution < 1.29 is 14.3 Å². The van der Waals surface area contributed by atoms with E-state index in [1.54, 1.807) is 5.57 Å². The molecule has 8 nitrogen and oxygen atoms in total. The summed E-state index contributed by atoms with van der Waals surface area (Å²) in [6.45, 7) is 27.0. The molecule has 7 atom stereocenters. The molecule has 5 aliphatic carbocycles. The molecule has 8 heteroatoms. The third-order valence-electron chi connectivity index (χ3n) is 16.9. The molecular formula is C46H73N5O3. The van der Waals surface area contributed by atoms with E-state index in [2.05, 4.69) is 97.0 Å². The molecule has 300 valence electrons. The molecule has 0 radical (unpaired) electrons. The first kappa shape index (κ1) is 39.6. The lowest BCUT2D eigenvalue weighted by Gasteiger charge is -2.71. The molecule has 54 heavy (non-hydrogen) atoms. The number of carbonyl (C=O) groups excluding carboxylic acids is 1. The van der Waals surface area contributed by atoms with Gasteiger partial charge in [-0.2, -0.15) is 5.10 Å². The van der Waals surface area contributed by atoms with Crippen LogP contribution in [0.4, 0.5) is 5.82 Å². The Balaban J connectivity index is 1.45. The van der Waals surface area contributed by atoms with Gasteiger partial charge in [0.1, 0.15) is 5.82 Å². The molecule has 0 spiro atoms. The van der Waals surface area contributed by atoms with E-state index < -0.39 is 5.41 Å². The first-order chi connectivity index (χ1) is 25.5. The number of ether oxygens (including phenoxy) is 2. The number of nitrogen functional groups attached to an aromatic ring is 1. The minimum atomic E-state index is -0.480. The predicted octanol–water partition coefficient (Wildman–Crippen LogP) is 8.90. The van der Waals surface area contributed by atoms with Gasteiger partial charge in [0.25, 0.3) is 0 Å². The molecule has 2 heterocycles. The van der Waals surface area contributed by atoms with Crippen molar-refractivity contribution in [3.8, 4) is 0 Å². The molecule has 0 bridgehead atoms. The van der Waals surface area contributed by atoms with Gasteiger partial charge >= 0.3 is 5.97 Å². The van der Waals surface area contributed by atoms with E-state index in [0.29, 0.717) is 18.4 Å². The van der Waals surface area contributed by atoms with Crippen LogP contribution in [0.3, 0.4) is 0 Å². The number of carbonyl (C=O) groups is 1. The number of nitrogens with two attached hydrogens (primary N) is 1. The van der Waals surface area contributed by atoms with Crippen molar-refractivity contribution in [1.82, 2.24) is 20.4 Å². The number of aromatic nitrogens is 2. The number of H-pyrrole nitrogens is 1. The lowest BCUT2D eigenvalue weighted by molar-refractivity contribution is -0.182. The molecule has 1 aliphatic heterocycles. The van der Waals surface area contributed by atoms with Crippen LogP contribution < -0.4 is 11.1 Å². The summed E-state index contributed by atoms with van der Waals surface area (Å²) in [7, 11) is 2.06. The molecule has 6 aliphatic rings. The number of unbranched alkanes of at least 4 members (excludes halogenated alkanes) is 1. The zero-order valence-electron chi connectivity index (χ0n) is 35.6. The van der Waals surface area contributed by atoms with Crippen molar-refractivity contribution in [3.05, 3.63) is 45.8 Å². The highest BCUT2D eigenvalue weighted by Crippen LogP contribution is 2.77. The summed E-state index contributed by atoms with van der Waals surface area (Å²) in [5, 5.41) is 11.6. The molecule has 4 N–H and O–H groups in total. The number of hydrogen-bond acceptors (Lipinski definition) is 7. The molecular weight excluding hydrogens is 671 g/mol. The normalized spacial score (nSPS) is 37.7. The van der Waals surface area contributed by atoms with Gasteiger partial charge in [0, 0.05) is 43.9 Å². The Hall–Kier alpha value is -2.58. The average Bonchev–Trinajstić information content (AvgIpc) is 3.50. The predicted molar refractivity (Wildman–Crippen MR) is 219 cm³/mol. The number of fused-ring (bicyclic) bond motifs is 8. The lowest BCUT2D eigenvalue weighted by atomic mass is 9.32. The maximum Gasteiger partial charge on any atom is 0.312 e. The smallest absolute Gasteiger partial charge is 0.312 e. The zero-order chi connectivity index (χ0) is 38.9. The van der Waals surface area contributed by atoms with Gasteiger partial charge in [0.15, 0.2) is 0 Å². The number of esters is 1. The van der Waals surface area contributed by atoms with Gasteiger partial charge < -0.3 is 20.5 Å². The van der Waals surface area contributed by atoms with Gasteiger partial charge in [-0.05, 0) is 127 Å². The second kappa shape index (κ2) is 14.1. The van der Waals surface area contributed by atoms with Crippen LogP contribution in [0.5, 0.6) is 0 Å². The Morgan fingerprint density at radius 2 is 1.78 bits per heavy atom. The highest BCUT2D eigenvalue weighted by molar-refractivity contribution is 5.79. The highest BCUT2D eigenvalue weighted by Gasteiger charge is 2.70. The molecule has 7 rings (SSSR count). The molecule has 3 saturated carbocycles. The molecule has 1 aromatic heterocycles. The first-order valence-corrected chi connectivity index (χ1v) is 21.6. The van der Waals surface area contributed by atoms with Crippen molar-refractivity contribution in [3.63, 3.8) is 0 Å². The number of morpholine rings is 1. The number of anilines is 1. The second-order valence-corrected chi connectivity index (χ2v) is 20.5. The Morgan fingerprint density at radius 1 is 1.06 bits per heavy atom. The van der Waals surface area contributed by atoms with Crippen LogP contribution in [0, 0.1) is 44.8 Å². The van der Waals surface area contributed by atoms with Crippen molar-refractivity contribution in [2.75, 3.05) is 52.2 Å². The third-order valence-corrected chi connectivity index (χ3v) is 16.9. The van der Waals surface area contributed by atoms with E-state index in [4.69, 9.17) is 20.3 Å². The first-order valence-electron chi connectivity index (χ1n) is 21.6. The highest BCUT2D eigenvalue weighted by atomic mass is 16.5. The van der Waals surface area contributed by atoms with E-state index in [1.807, 2.05) is 0 Å². The van der Waals surface area contributed by atoms with Crippen LogP contribution in [0.15, 0.2) is 34.6 Å². The standard InChI is InChI=1S/C46H73N5O3/c1-11-13-22-54-40(52)46-18-16-41(3,4)27-34(46)37-31(33(28-48-10)30(12-2)29-51-20-23-53-24-21-51)25-36-43(7)26-32-38(49-50-39(32)47)42(5,6)35(43)14-15-44(36,8)45(37,9)17-19-46/h12,28,34-36,48H,11,13-27,29H2,1-10H3,(H3,47,49,50)/b30-12-,33-28+/t34-,35-,36?,43-,44+,45+,46-/m0/s1. The minimum absolute atomic E-state index is 0.0196. The van der Waals surface area contributed by atoms with E-state index in [-0.39, 0.29) is 39.0 Å². The van der Waals surface area contributed by atoms with Crippen molar-refractivity contribution in [2.45, 2.75) is 138 Å². The van der Waals surface area contributed by atoms with Gasteiger partial charge in [-0.3, -0.25) is 14.8 Å². The van der Waals surface area contributed by atoms with Crippen LogP contribution in [0.2, 0.25) is 0 Å². The lowest BCUT2D eigenvalue weighted by Crippen LogP contribution is -2.65. The van der Waals surface area contributed by atoms with Gasteiger partial charge in [0.05, 0.1) is 30.9 Å². The molecule has 0 aromatic carbocycles. The number of hydrogen-bond donors (Lipinski definition) is 3. The maximum atomic E-state index is 14.7. The van der Waals surface area contributed by atoms with Crippen LogP contribution in [0.1, 0.15) is 138 Å². The zero-order valence-corrected chi connectivity index (χ0v) is 35.6. The summed E-state index contributed by atoms with van der Waals surface area (Å²) in [6, 6.07) is 0. The molecule has 1 saturated heterocycles. The molecule has 4 fully saturated rings. The number of allylic oxidation sites excluding steroid dienone is 3. The summed E-state index contributed by atoms with van der Waals surface area (Å²) in [6.07, 6.45) is 15.9. The van der Waals surface area contributed by atoms with Gasteiger partial charge in [0.2, 0.25) is 0 Å². The van der Waals surface area contributed by atoms with Crippen LogP contribution in [-0.4, -0.2) is 67.6 Å². The quantitative estimate of drug-likeness (QED) is 0.132. The number of rotatable bonds is 9. The number of nitrogens with zero attached hydrogens (tertiary/aromatic N) is 2. The van der Waals surface area contributed by atoms with E-state index in [1.165, 1.54) is 40.8 Å². The second-order valence-electron chi connectivity index (χ2n) is 20.5. The fourth-order valence-electron chi connectivity index (χ4n) is 13.7. The number of aromatic amines is 1. The molecule has 1 unspecified atom stereocenters. The van der Waals surface area contributed by atoms with Gasteiger partial charge in [-0.15, -0.1) is 0 Å². The fraction of sp³-hybridized carbons (Fsp3) is 0.783. The van der Waals surface area contributed by atoms with Crippen molar-refractivity contribution in [1.29, 1.82) is 0 Å². The Morgan fingerprint density at radius 3 is 2.46 bits per heavy atom. The maximum absolute atomic E-state index is 14.7. The largest absolute Gasteiger partial charge is 0.465 e. The number of nitrogens with one attached hydrogen (secondary N) is 2. The molecule has 0 amide bonds. The summed E-state index contributed by atoms with van der Waals surface area (Å²) in [5.74, 6) is 1.88. The monoisotopic (exact) mass is 744 g/mol. The third kappa shape index (κ3) is 5.96. The Bertz CT molecular complexity index is 1700. The van der Waals surface area contributed by atoms with Crippen LogP contribution >= 0.6 is 0 Å². The summed E-state index contributed by atoms with van der Waals surface area (Å²) < 4.78 is 12.1. The van der Waals surface area contributed by atoms with E-state index in [9.17, 15) is 4.79 Å². The Labute approximate surface area is 326 Å². The van der Waals surface area contributed by atoms with E-state index >= 15 is 0 Å². The Kier molecular flexibility index (Phi) is 10.4. The van der Waals surface area contributed by atoms with Crippen LogP contribution in [0.25, 0.3) is 0 Å². The average molecular weight is 744 g/mol. The molecule has 1 aromatic rings. The summed E-state index contributed by atoms with van der Waals surface area (Å²) in [5.41, 5.74) is 14.5. The topological polar surface area (TPSA) is 105 Å². The van der Waals surface area contributed by atoms with Crippen molar-refractivity contribution in [2.24, 2.45) is 44.8 Å². The van der Waals surface area contributed by atoms with Gasteiger partial charge in [-0.25, -0.2) is 0 Å².